The van der Waals surface area contributed by atoms with E-state index in [1.807, 2.05) is 77.4 Å². The van der Waals surface area contributed by atoms with Crippen molar-refractivity contribution in [2.45, 2.75) is 5.50 Å². The third kappa shape index (κ3) is 6.00. The molecule has 2 aromatic heterocycles. The molecule has 2 N–H and O–H groups in total. The number of ether oxygens (including phenoxy) is 1. The Hall–Kier alpha value is -4.67. The number of likely N-dealkylation sites (N-methyl/N-ethyl adjacent to an activating group) is 1. The molecule has 0 radical (unpaired) electrons. The van der Waals surface area contributed by atoms with Gasteiger partial charge in [0.15, 0.2) is 11.5 Å². The molecule has 0 spiro atoms. The molecule has 1 fully saturated rings. The molecule has 4 heterocycles. The highest BCUT2D eigenvalue weighted by atomic mass is 35.5. The fourth-order valence-corrected chi connectivity index (χ4v) is 5.03. The number of benzene rings is 2. The van der Waals surface area contributed by atoms with E-state index in [4.69, 9.17) is 21.3 Å². The Morgan fingerprint density at radius 2 is 1.90 bits per heavy atom. The van der Waals surface area contributed by atoms with E-state index in [2.05, 4.69) is 15.6 Å². The van der Waals surface area contributed by atoms with E-state index in [1.165, 1.54) is 0 Å². The third-order valence-corrected chi connectivity index (χ3v) is 7.64. The van der Waals surface area contributed by atoms with Crippen LogP contribution in [-0.4, -0.2) is 81.4 Å². The van der Waals surface area contributed by atoms with Crippen molar-refractivity contribution in [2.24, 2.45) is 0 Å². The van der Waals surface area contributed by atoms with Crippen LogP contribution in [0.1, 0.15) is 20.7 Å². The highest BCUT2D eigenvalue weighted by molar-refractivity contribution is 6.21. The third-order valence-electron chi connectivity index (χ3n) is 7.20. The molecule has 0 bridgehead atoms. The Labute approximate surface area is 248 Å². The standard InChI is InChI=1S/C31H30ClN7O3/c1-37-11-9-21(17-27(37)32)19-34-30(40)24-4-2-3-23(18-24)26-20-39-12-10-33-29(39)28(36-26)35-25-7-5-22(6-8-25)31(41)38-13-15-42-16-14-38/h2-12,17-18,20,27H,13-16,19H2,1H3,(H,34,40)(H,35,36). The lowest BCUT2D eigenvalue weighted by Crippen LogP contribution is -2.40. The molecule has 214 valence electrons. The van der Waals surface area contributed by atoms with Gasteiger partial charge in [-0.15, -0.1) is 0 Å². The van der Waals surface area contributed by atoms with E-state index in [0.717, 1.165) is 16.8 Å². The van der Waals surface area contributed by atoms with Crippen molar-refractivity contribution in [3.63, 3.8) is 0 Å². The Balaban J connectivity index is 1.19. The number of nitrogens with one attached hydrogen (secondary N) is 2. The molecule has 6 rings (SSSR count). The van der Waals surface area contributed by atoms with Gasteiger partial charge in [0.1, 0.15) is 5.50 Å². The number of alkyl halides is 1. The van der Waals surface area contributed by atoms with Crippen molar-refractivity contribution in [3.8, 4) is 11.3 Å². The summed E-state index contributed by atoms with van der Waals surface area (Å²) >= 11 is 6.28. The second-order valence-electron chi connectivity index (χ2n) is 10.1. The summed E-state index contributed by atoms with van der Waals surface area (Å²) in [5.41, 5.74) is 4.72. The molecule has 1 saturated heterocycles. The van der Waals surface area contributed by atoms with Gasteiger partial charge in [-0.1, -0.05) is 23.7 Å². The summed E-state index contributed by atoms with van der Waals surface area (Å²) in [5.74, 6) is 0.355. The number of carbonyl (C=O) groups is 2. The zero-order valence-electron chi connectivity index (χ0n) is 23.0. The molecule has 1 atom stereocenters. The largest absolute Gasteiger partial charge is 0.378 e. The lowest BCUT2D eigenvalue weighted by Gasteiger charge is -2.26. The number of hydrogen-bond donors (Lipinski definition) is 2. The lowest BCUT2D eigenvalue weighted by molar-refractivity contribution is 0.0303. The smallest absolute Gasteiger partial charge is 0.254 e. The first kappa shape index (κ1) is 27.5. The number of rotatable bonds is 7. The van der Waals surface area contributed by atoms with Gasteiger partial charge in [0.2, 0.25) is 0 Å². The number of hydrogen-bond acceptors (Lipinski definition) is 7. The molecule has 0 saturated carbocycles. The number of morpholine rings is 1. The SMILES string of the molecule is CN1C=CC(CNC(=O)c2cccc(-c3cn4ccnc4c(Nc4ccc(C(=O)N5CCOCC5)cc4)n3)c2)=CC1Cl. The summed E-state index contributed by atoms with van der Waals surface area (Å²) in [7, 11) is 1.90. The van der Waals surface area contributed by atoms with Crippen LogP contribution in [0.5, 0.6) is 0 Å². The van der Waals surface area contributed by atoms with E-state index in [-0.39, 0.29) is 17.3 Å². The predicted octanol–water partition coefficient (Wildman–Crippen LogP) is 4.29. The van der Waals surface area contributed by atoms with Gasteiger partial charge in [-0.3, -0.25) is 9.59 Å². The fourth-order valence-electron chi connectivity index (χ4n) is 4.80. The van der Waals surface area contributed by atoms with Gasteiger partial charge in [0.05, 0.1) is 18.9 Å². The van der Waals surface area contributed by atoms with E-state index >= 15 is 0 Å². The number of fused-ring (bicyclic) bond motifs is 1. The van der Waals surface area contributed by atoms with Crippen molar-refractivity contribution < 1.29 is 14.3 Å². The summed E-state index contributed by atoms with van der Waals surface area (Å²) < 4.78 is 7.24. The summed E-state index contributed by atoms with van der Waals surface area (Å²) in [6.45, 7) is 2.69. The molecule has 1 unspecified atom stereocenters. The Morgan fingerprint density at radius 3 is 2.69 bits per heavy atom. The predicted molar refractivity (Wildman–Crippen MR) is 162 cm³/mol. The molecule has 0 aliphatic carbocycles. The van der Waals surface area contributed by atoms with Crippen molar-refractivity contribution in [3.05, 3.63) is 102 Å². The van der Waals surface area contributed by atoms with E-state index in [9.17, 15) is 9.59 Å². The van der Waals surface area contributed by atoms with Gasteiger partial charge in [-0.2, -0.15) is 0 Å². The van der Waals surface area contributed by atoms with Gasteiger partial charge in [-0.25, -0.2) is 9.97 Å². The van der Waals surface area contributed by atoms with Crippen LogP contribution in [0.4, 0.5) is 11.5 Å². The first-order chi connectivity index (χ1) is 20.4. The van der Waals surface area contributed by atoms with Crippen LogP contribution in [0.25, 0.3) is 16.9 Å². The van der Waals surface area contributed by atoms with E-state index in [0.29, 0.717) is 61.1 Å². The number of anilines is 2. The fraction of sp³-hybridized carbons (Fsp3) is 0.226. The van der Waals surface area contributed by atoms with Crippen LogP contribution in [0.15, 0.2) is 91.0 Å². The normalized spacial score (nSPS) is 16.8. The summed E-state index contributed by atoms with van der Waals surface area (Å²) in [6.07, 6.45) is 11.2. The number of amides is 2. The average Bonchev–Trinajstić information content (AvgIpc) is 3.51. The molecular formula is C31H30ClN7O3. The Bertz CT molecular complexity index is 1680. The zero-order chi connectivity index (χ0) is 29.1. The van der Waals surface area contributed by atoms with Crippen LogP contribution < -0.4 is 10.6 Å². The van der Waals surface area contributed by atoms with Crippen molar-refractivity contribution in [1.82, 2.24) is 29.5 Å². The molecule has 2 amide bonds. The Morgan fingerprint density at radius 1 is 1.10 bits per heavy atom. The monoisotopic (exact) mass is 583 g/mol. The quantitative estimate of drug-likeness (QED) is 0.247. The van der Waals surface area contributed by atoms with Crippen LogP contribution in [-0.2, 0) is 4.74 Å². The maximum Gasteiger partial charge on any atom is 0.254 e. The van der Waals surface area contributed by atoms with Crippen LogP contribution >= 0.6 is 11.6 Å². The Kier molecular flexibility index (Phi) is 7.89. The first-order valence-corrected chi connectivity index (χ1v) is 14.1. The summed E-state index contributed by atoms with van der Waals surface area (Å²) in [5, 5.41) is 6.31. The first-order valence-electron chi connectivity index (χ1n) is 13.7. The van der Waals surface area contributed by atoms with E-state index < -0.39 is 0 Å². The molecule has 2 aliphatic rings. The molecular weight excluding hydrogens is 554 g/mol. The minimum absolute atomic E-state index is 0.00711. The number of imidazole rings is 1. The van der Waals surface area contributed by atoms with Gasteiger partial charge < -0.3 is 29.6 Å². The molecule has 10 nitrogen and oxygen atoms in total. The average molecular weight is 584 g/mol. The maximum atomic E-state index is 13.0. The minimum atomic E-state index is -0.243. The van der Waals surface area contributed by atoms with Gasteiger partial charge >= 0.3 is 0 Å². The lowest BCUT2D eigenvalue weighted by atomic mass is 10.1. The van der Waals surface area contributed by atoms with Crippen molar-refractivity contribution in [1.29, 1.82) is 0 Å². The van der Waals surface area contributed by atoms with Gasteiger partial charge in [0.25, 0.3) is 11.8 Å². The van der Waals surface area contributed by atoms with Crippen molar-refractivity contribution >= 4 is 40.6 Å². The number of carbonyl (C=O) groups excluding carboxylic acids is 2. The van der Waals surface area contributed by atoms with E-state index in [1.54, 1.807) is 29.3 Å². The number of aromatic nitrogens is 3. The summed E-state index contributed by atoms with van der Waals surface area (Å²) in [6, 6.07) is 14.7. The highest BCUT2D eigenvalue weighted by Crippen LogP contribution is 2.26. The molecule has 42 heavy (non-hydrogen) atoms. The second-order valence-corrected chi connectivity index (χ2v) is 10.5. The second kappa shape index (κ2) is 12.1. The maximum absolute atomic E-state index is 13.0. The zero-order valence-corrected chi connectivity index (χ0v) is 23.8. The number of nitrogens with zero attached hydrogens (tertiary/aromatic N) is 5. The highest BCUT2D eigenvalue weighted by Gasteiger charge is 2.19. The molecule has 11 heteroatoms. The van der Waals surface area contributed by atoms with Crippen molar-refractivity contribution in [2.75, 3.05) is 45.2 Å². The number of halogens is 1. The van der Waals surface area contributed by atoms with Gasteiger partial charge in [0, 0.05) is 73.9 Å². The van der Waals surface area contributed by atoms with Crippen LogP contribution in [0.2, 0.25) is 0 Å². The molecule has 2 aliphatic heterocycles. The summed E-state index contributed by atoms with van der Waals surface area (Å²) in [4.78, 5) is 38.8. The molecule has 4 aromatic rings. The minimum Gasteiger partial charge on any atom is -0.378 e. The van der Waals surface area contributed by atoms with Crippen LogP contribution in [0, 0.1) is 0 Å². The topological polar surface area (TPSA) is 104 Å². The van der Waals surface area contributed by atoms with Crippen LogP contribution in [0.3, 0.4) is 0 Å². The molecule has 2 aromatic carbocycles. The van der Waals surface area contributed by atoms with Gasteiger partial charge in [-0.05, 0) is 54.1 Å².